The van der Waals surface area contributed by atoms with E-state index in [1.165, 1.54) is 25.7 Å². The summed E-state index contributed by atoms with van der Waals surface area (Å²) in [5.41, 5.74) is 6.75. The molecule has 1 unspecified atom stereocenters. The number of aromatic nitrogens is 2. The number of rotatable bonds is 3. The first-order valence-corrected chi connectivity index (χ1v) is 5.21. The van der Waals surface area contributed by atoms with Gasteiger partial charge in [0.15, 0.2) is 0 Å². The number of hydrogen-bond donors (Lipinski definition) is 2. The number of aliphatic hydroxyl groups is 1. The molecular formula is C10H17N3O. The summed E-state index contributed by atoms with van der Waals surface area (Å²) < 4.78 is 2.13. The summed E-state index contributed by atoms with van der Waals surface area (Å²) in [5.74, 6) is 0. The Bertz CT molecular complexity index is 291. The normalized spacial score (nSPS) is 20.1. The molecule has 1 atom stereocenters. The van der Waals surface area contributed by atoms with Crippen LogP contribution in [0.15, 0.2) is 12.5 Å². The van der Waals surface area contributed by atoms with Gasteiger partial charge >= 0.3 is 0 Å². The fourth-order valence-corrected chi connectivity index (χ4v) is 2.18. The molecule has 4 heteroatoms. The fourth-order valence-electron chi connectivity index (χ4n) is 2.18. The molecule has 1 aromatic rings. The third-order valence-corrected chi connectivity index (χ3v) is 2.99. The van der Waals surface area contributed by atoms with Crippen molar-refractivity contribution in [2.45, 2.75) is 37.8 Å². The molecule has 14 heavy (non-hydrogen) atoms. The highest BCUT2D eigenvalue weighted by atomic mass is 16.3. The Hall–Kier alpha value is -0.870. The van der Waals surface area contributed by atoms with E-state index < -0.39 is 0 Å². The Morgan fingerprint density at radius 1 is 1.57 bits per heavy atom. The van der Waals surface area contributed by atoms with Gasteiger partial charge in [-0.25, -0.2) is 4.98 Å². The predicted molar refractivity (Wildman–Crippen MR) is 53.7 cm³/mol. The Kier molecular flexibility index (Phi) is 2.84. The molecule has 0 spiro atoms. The lowest BCUT2D eigenvalue weighted by molar-refractivity contribution is 0.261. The summed E-state index contributed by atoms with van der Waals surface area (Å²) in [6.45, 7) is -0.0155. The zero-order valence-corrected chi connectivity index (χ0v) is 8.26. The van der Waals surface area contributed by atoms with E-state index in [2.05, 4.69) is 9.55 Å². The minimum absolute atomic E-state index is 0.0155. The van der Waals surface area contributed by atoms with Crippen LogP contribution in [0.25, 0.3) is 0 Å². The maximum atomic E-state index is 9.01. The standard InChI is InChI=1S/C10H17N3O/c11-9(6-14)10-5-12-7-13(10)8-3-1-2-4-8/h5,7-9,14H,1-4,6,11H2. The lowest BCUT2D eigenvalue weighted by Crippen LogP contribution is -2.20. The maximum Gasteiger partial charge on any atom is 0.0951 e. The average molecular weight is 195 g/mol. The van der Waals surface area contributed by atoms with Gasteiger partial charge in [0.1, 0.15) is 0 Å². The van der Waals surface area contributed by atoms with Crippen LogP contribution >= 0.6 is 0 Å². The minimum atomic E-state index is -0.293. The van der Waals surface area contributed by atoms with Gasteiger partial charge in [-0.3, -0.25) is 0 Å². The van der Waals surface area contributed by atoms with Crippen LogP contribution in [0.2, 0.25) is 0 Å². The van der Waals surface area contributed by atoms with E-state index in [9.17, 15) is 0 Å². The van der Waals surface area contributed by atoms with Crippen LogP contribution in [0, 0.1) is 0 Å². The van der Waals surface area contributed by atoms with Gasteiger partial charge in [0.25, 0.3) is 0 Å². The van der Waals surface area contributed by atoms with Gasteiger partial charge in [-0.15, -0.1) is 0 Å². The molecular weight excluding hydrogens is 178 g/mol. The summed E-state index contributed by atoms with van der Waals surface area (Å²) in [4.78, 5) is 4.11. The molecule has 1 saturated carbocycles. The Morgan fingerprint density at radius 2 is 2.29 bits per heavy atom. The first kappa shape index (κ1) is 9.68. The van der Waals surface area contributed by atoms with Gasteiger partial charge in [0.05, 0.1) is 24.7 Å². The first-order chi connectivity index (χ1) is 6.83. The summed E-state index contributed by atoms with van der Waals surface area (Å²) in [6.07, 6.45) is 8.59. The molecule has 4 nitrogen and oxygen atoms in total. The molecule has 0 amide bonds. The van der Waals surface area contributed by atoms with E-state index >= 15 is 0 Å². The van der Waals surface area contributed by atoms with Crippen molar-refractivity contribution in [3.8, 4) is 0 Å². The summed E-state index contributed by atoms with van der Waals surface area (Å²) in [5, 5.41) is 9.01. The lowest BCUT2D eigenvalue weighted by atomic mass is 10.2. The molecule has 1 fully saturated rings. The van der Waals surface area contributed by atoms with Crippen LogP contribution in [-0.4, -0.2) is 21.3 Å². The molecule has 2 rings (SSSR count). The van der Waals surface area contributed by atoms with Crippen molar-refractivity contribution in [1.29, 1.82) is 0 Å². The number of nitrogens with zero attached hydrogens (tertiary/aromatic N) is 2. The van der Waals surface area contributed by atoms with Crippen molar-refractivity contribution >= 4 is 0 Å². The van der Waals surface area contributed by atoms with E-state index in [1.807, 2.05) is 6.33 Å². The molecule has 1 heterocycles. The minimum Gasteiger partial charge on any atom is -0.394 e. The number of imidazole rings is 1. The zero-order valence-electron chi connectivity index (χ0n) is 8.26. The third kappa shape index (κ3) is 1.67. The lowest BCUT2D eigenvalue weighted by Gasteiger charge is -2.17. The second-order valence-electron chi connectivity index (χ2n) is 3.95. The quantitative estimate of drug-likeness (QED) is 0.756. The first-order valence-electron chi connectivity index (χ1n) is 5.21. The van der Waals surface area contributed by atoms with Gasteiger partial charge in [-0.1, -0.05) is 12.8 Å². The predicted octanol–water partition coefficient (Wildman–Crippen LogP) is 0.990. The zero-order chi connectivity index (χ0) is 9.97. The summed E-state index contributed by atoms with van der Waals surface area (Å²) >= 11 is 0. The Labute approximate surface area is 83.8 Å². The van der Waals surface area contributed by atoms with Gasteiger partial charge in [0.2, 0.25) is 0 Å². The number of hydrogen-bond acceptors (Lipinski definition) is 3. The largest absolute Gasteiger partial charge is 0.394 e. The smallest absolute Gasteiger partial charge is 0.0951 e. The van der Waals surface area contributed by atoms with Crippen LogP contribution in [-0.2, 0) is 0 Å². The SMILES string of the molecule is NC(CO)c1cncn1C1CCCC1. The molecule has 1 aliphatic carbocycles. The average Bonchev–Trinajstić information content (AvgIpc) is 2.85. The van der Waals surface area contributed by atoms with Crippen LogP contribution in [0.1, 0.15) is 43.5 Å². The molecule has 3 N–H and O–H groups in total. The highest BCUT2D eigenvalue weighted by Crippen LogP contribution is 2.31. The molecule has 0 aliphatic heterocycles. The molecule has 0 radical (unpaired) electrons. The summed E-state index contributed by atoms with van der Waals surface area (Å²) in [6, 6.07) is 0.253. The van der Waals surface area contributed by atoms with Crippen molar-refractivity contribution in [3.05, 3.63) is 18.2 Å². The Balaban J connectivity index is 2.19. The van der Waals surface area contributed by atoms with Gasteiger partial charge in [-0.05, 0) is 12.8 Å². The van der Waals surface area contributed by atoms with Gasteiger partial charge in [0, 0.05) is 12.2 Å². The van der Waals surface area contributed by atoms with Gasteiger partial charge < -0.3 is 15.4 Å². The highest BCUT2D eigenvalue weighted by Gasteiger charge is 2.20. The molecule has 0 saturated heterocycles. The molecule has 0 bridgehead atoms. The van der Waals surface area contributed by atoms with Crippen molar-refractivity contribution in [2.24, 2.45) is 5.73 Å². The van der Waals surface area contributed by atoms with E-state index in [4.69, 9.17) is 10.8 Å². The second kappa shape index (κ2) is 4.11. The van der Waals surface area contributed by atoms with Crippen molar-refractivity contribution in [1.82, 2.24) is 9.55 Å². The summed E-state index contributed by atoms with van der Waals surface area (Å²) in [7, 11) is 0. The van der Waals surface area contributed by atoms with E-state index in [-0.39, 0.29) is 12.6 Å². The van der Waals surface area contributed by atoms with Crippen LogP contribution in [0.3, 0.4) is 0 Å². The molecule has 1 aliphatic rings. The van der Waals surface area contributed by atoms with E-state index in [1.54, 1.807) is 6.20 Å². The van der Waals surface area contributed by atoms with E-state index in [0.29, 0.717) is 6.04 Å². The fraction of sp³-hybridized carbons (Fsp3) is 0.700. The molecule has 0 aromatic carbocycles. The molecule has 1 aromatic heterocycles. The highest BCUT2D eigenvalue weighted by molar-refractivity contribution is 5.06. The maximum absolute atomic E-state index is 9.01. The van der Waals surface area contributed by atoms with E-state index in [0.717, 1.165) is 5.69 Å². The monoisotopic (exact) mass is 195 g/mol. The van der Waals surface area contributed by atoms with Crippen LogP contribution in [0.4, 0.5) is 0 Å². The topological polar surface area (TPSA) is 64.1 Å². The number of aliphatic hydroxyl groups excluding tert-OH is 1. The molecule has 78 valence electrons. The number of nitrogens with two attached hydrogens (primary N) is 1. The van der Waals surface area contributed by atoms with Crippen molar-refractivity contribution in [2.75, 3.05) is 6.61 Å². The Morgan fingerprint density at radius 3 is 2.93 bits per heavy atom. The van der Waals surface area contributed by atoms with Crippen LogP contribution < -0.4 is 5.73 Å². The third-order valence-electron chi connectivity index (χ3n) is 2.99. The second-order valence-corrected chi connectivity index (χ2v) is 3.95. The van der Waals surface area contributed by atoms with Crippen molar-refractivity contribution in [3.63, 3.8) is 0 Å². The van der Waals surface area contributed by atoms with Crippen molar-refractivity contribution < 1.29 is 5.11 Å². The van der Waals surface area contributed by atoms with Crippen LogP contribution in [0.5, 0.6) is 0 Å². The van der Waals surface area contributed by atoms with Gasteiger partial charge in [-0.2, -0.15) is 0 Å².